The zero-order chi connectivity index (χ0) is 23.3. The summed E-state index contributed by atoms with van der Waals surface area (Å²) < 4.78 is 24.0. The predicted octanol–water partition coefficient (Wildman–Crippen LogP) is 5.09. The molecule has 166 valence electrons. The topological polar surface area (TPSA) is 81.7 Å². The largest absolute Gasteiger partial charge is 0.497 e. The van der Waals surface area contributed by atoms with E-state index in [0.717, 1.165) is 22.3 Å². The number of ether oxygens (including phenoxy) is 3. The van der Waals surface area contributed by atoms with Crippen LogP contribution in [0, 0.1) is 11.3 Å². The maximum atomic E-state index is 13.2. The molecule has 0 aliphatic carbocycles. The van der Waals surface area contributed by atoms with Crippen LogP contribution in [-0.2, 0) is 16.9 Å². The van der Waals surface area contributed by atoms with E-state index in [-0.39, 0.29) is 0 Å². The van der Waals surface area contributed by atoms with E-state index in [0.29, 0.717) is 34.8 Å². The van der Waals surface area contributed by atoms with Gasteiger partial charge in [0, 0.05) is 23.6 Å². The number of nitriles is 1. The summed E-state index contributed by atoms with van der Waals surface area (Å²) in [5.74, 6) is 0.390. The Labute approximate surface area is 195 Å². The van der Waals surface area contributed by atoms with Crippen molar-refractivity contribution in [1.82, 2.24) is 0 Å². The molecule has 1 aromatic heterocycles. The molecule has 6 heteroatoms. The Morgan fingerprint density at radius 1 is 1.03 bits per heavy atom. The predicted molar refractivity (Wildman–Crippen MR) is 124 cm³/mol. The van der Waals surface area contributed by atoms with Gasteiger partial charge in [-0.3, -0.25) is 0 Å². The van der Waals surface area contributed by atoms with Crippen LogP contribution in [0.4, 0.5) is 0 Å². The number of fused-ring (bicyclic) bond motifs is 6. The Bertz CT molecular complexity index is 1500. The van der Waals surface area contributed by atoms with Crippen LogP contribution in [-0.4, -0.2) is 7.11 Å². The van der Waals surface area contributed by atoms with Crippen LogP contribution in [0.2, 0.25) is 0 Å². The molecule has 3 heterocycles. The Morgan fingerprint density at radius 2 is 1.82 bits per heavy atom. The summed E-state index contributed by atoms with van der Waals surface area (Å²) in [6.45, 7) is 0. The second-order valence-corrected chi connectivity index (χ2v) is 8.33. The minimum Gasteiger partial charge on any atom is -0.497 e. The van der Waals surface area contributed by atoms with Crippen LogP contribution in [0.3, 0.4) is 0 Å². The van der Waals surface area contributed by atoms with E-state index >= 15 is 0 Å². The lowest BCUT2D eigenvalue weighted by molar-refractivity contribution is -0.238. The van der Waals surface area contributed by atoms with Gasteiger partial charge in [0.05, 0.1) is 18.7 Å². The lowest BCUT2D eigenvalue weighted by Crippen LogP contribution is -2.47. The van der Waals surface area contributed by atoms with Crippen molar-refractivity contribution in [2.24, 2.45) is 0 Å². The van der Waals surface area contributed by atoms with E-state index in [2.05, 4.69) is 6.07 Å². The van der Waals surface area contributed by atoms with E-state index in [9.17, 15) is 10.1 Å². The zero-order valence-electron chi connectivity index (χ0n) is 18.3. The highest BCUT2D eigenvalue weighted by Gasteiger charge is 2.50. The van der Waals surface area contributed by atoms with Gasteiger partial charge >= 0.3 is 5.63 Å². The molecule has 2 aliphatic rings. The smallest absolute Gasteiger partial charge is 0.346 e. The minimum absolute atomic E-state index is 0.314. The zero-order valence-corrected chi connectivity index (χ0v) is 18.3. The molecule has 0 spiro atoms. The summed E-state index contributed by atoms with van der Waals surface area (Å²) in [5, 5.41) is 9.43. The Balaban J connectivity index is 1.57. The molecular formula is C28H19NO5. The first kappa shape index (κ1) is 20.3. The average Bonchev–Trinajstić information content (AvgIpc) is 2.88. The second kappa shape index (κ2) is 7.62. The van der Waals surface area contributed by atoms with Crippen LogP contribution in [0.25, 0.3) is 11.3 Å². The molecule has 0 fully saturated rings. The molecule has 2 bridgehead atoms. The van der Waals surface area contributed by atoms with Gasteiger partial charge in [-0.25, -0.2) is 4.79 Å². The van der Waals surface area contributed by atoms with Gasteiger partial charge in [-0.05, 0) is 47.5 Å². The fourth-order valence-electron chi connectivity index (χ4n) is 4.70. The molecule has 2 aliphatic heterocycles. The van der Waals surface area contributed by atoms with E-state index in [1.54, 1.807) is 19.2 Å². The van der Waals surface area contributed by atoms with Crippen molar-refractivity contribution in [1.29, 1.82) is 5.26 Å². The molecule has 34 heavy (non-hydrogen) atoms. The molecule has 0 unspecified atom stereocenters. The van der Waals surface area contributed by atoms with Gasteiger partial charge in [0.2, 0.25) is 5.79 Å². The van der Waals surface area contributed by atoms with Crippen LogP contribution in [0.5, 0.6) is 11.5 Å². The SMILES string of the molecule is COc1ccc([C@]23Cc4cc(C#N)ccc4[C@H](O2)c2c(cc(-c4ccccc4)oc2=O)O3)cc1. The van der Waals surface area contributed by atoms with E-state index in [1.807, 2.05) is 66.7 Å². The van der Waals surface area contributed by atoms with Gasteiger partial charge in [0.25, 0.3) is 0 Å². The standard InChI is InChI=1S/C28H19NO5/c1-31-21-10-8-20(9-11-21)28-15-19-13-17(16-29)7-12-22(19)26(34-28)25-24(33-28)14-23(32-27(25)30)18-5-3-2-4-6-18/h2-14,26H,15H2,1H3/t26-,28-/m0/s1. The van der Waals surface area contributed by atoms with Crippen molar-refractivity contribution in [2.45, 2.75) is 18.3 Å². The van der Waals surface area contributed by atoms with Crippen molar-refractivity contribution in [3.8, 4) is 28.9 Å². The van der Waals surface area contributed by atoms with Gasteiger partial charge in [-0.15, -0.1) is 0 Å². The number of rotatable bonds is 3. The first-order valence-electron chi connectivity index (χ1n) is 10.9. The lowest BCUT2D eigenvalue weighted by atomic mass is 9.84. The van der Waals surface area contributed by atoms with Gasteiger partial charge in [-0.1, -0.05) is 36.4 Å². The molecule has 0 N–H and O–H groups in total. The van der Waals surface area contributed by atoms with Crippen molar-refractivity contribution >= 4 is 0 Å². The fourth-order valence-corrected chi connectivity index (χ4v) is 4.70. The molecule has 0 radical (unpaired) electrons. The van der Waals surface area contributed by atoms with E-state index in [1.165, 1.54) is 0 Å². The Kier molecular flexibility index (Phi) is 4.54. The van der Waals surface area contributed by atoms with Gasteiger partial charge in [0.15, 0.2) is 0 Å². The molecule has 0 saturated heterocycles. The molecule has 3 aromatic carbocycles. The molecule has 0 saturated carbocycles. The molecular weight excluding hydrogens is 430 g/mol. The molecule has 0 amide bonds. The van der Waals surface area contributed by atoms with Gasteiger partial charge in [0.1, 0.15) is 28.9 Å². The first-order valence-corrected chi connectivity index (χ1v) is 10.9. The van der Waals surface area contributed by atoms with E-state index < -0.39 is 17.5 Å². The number of hydrogen-bond acceptors (Lipinski definition) is 6. The Morgan fingerprint density at radius 3 is 2.56 bits per heavy atom. The third kappa shape index (κ3) is 3.10. The maximum Gasteiger partial charge on any atom is 0.346 e. The fraction of sp³-hybridized carbons (Fsp3) is 0.143. The average molecular weight is 449 g/mol. The quantitative estimate of drug-likeness (QED) is 0.433. The normalized spacial score (nSPS) is 19.8. The van der Waals surface area contributed by atoms with Crippen LogP contribution >= 0.6 is 0 Å². The number of hydrogen-bond donors (Lipinski definition) is 0. The Hall–Kier alpha value is -4.34. The van der Waals surface area contributed by atoms with Crippen LogP contribution < -0.4 is 15.1 Å². The number of nitrogens with zero attached hydrogens (tertiary/aromatic N) is 1. The van der Waals surface area contributed by atoms with Gasteiger partial charge < -0.3 is 18.6 Å². The molecule has 4 aromatic rings. The highest BCUT2D eigenvalue weighted by molar-refractivity contribution is 5.61. The summed E-state index contributed by atoms with van der Waals surface area (Å²) in [6.07, 6.45) is -0.315. The second-order valence-electron chi connectivity index (χ2n) is 8.33. The monoisotopic (exact) mass is 449 g/mol. The van der Waals surface area contributed by atoms with Crippen molar-refractivity contribution in [3.05, 3.63) is 117 Å². The lowest BCUT2D eigenvalue weighted by Gasteiger charge is -2.46. The number of methoxy groups -OCH3 is 1. The molecule has 6 nitrogen and oxygen atoms in total. The summed E-state index contributed by atoms with van der Waals surface area (Å²) in [7, 11) is 1.61. The van der Waals surface area contributed by atoms with Gasteiger partial charge in [-0.2, -0.15) is 5.26 Å². The molecule has 2 atom stereocenters. The third-order valence-corrected chi connectivity index (χ3v) is 6.36. The highest BCUT2D eigenvalue weighted by atomic mass is 16.7. The van der Waals surface area contributed by atoms with E-state index in [4.69, 9.17) is 18.6 Å². The first-order chi connectivity index (χ1) is 16.6. The maximum absolute atomic E-state index is 13.2. The summed E-state index contributed by atoms with van der Waals surface area (Å²) in [6, 6.07) is 26.3. The number of benzene rings is 3. The van der Waals surface area contributed by atoms with Crippen molar-refractivity contribution in [3.63, 3.8) is 0 Å². The summed E-state index contributed by atoms with van der Waals surface area (Å²) >= 11 is 0. The summed E-state index contributed by atoms with van der Waals surface area (Å²) in [4.78, 5) is 13.2. The highest BCUT2D eigenvalue weighted by Crippen LogP contribution is 2.51. The molecule has 6 rings (SSSR count). The minimum atomic E-state index is -1.17. The summed E-state index contributed by atoms with van der Waals surface area (Å²) in [5.41, 5.74) is 3.62. The van der Waals surface area contributed by atoms with Crippen LogP contribution in [0.15, 0.2) is 88.1 Å². The van der Waals surface area contributed by atoms with Crippen molar-refractivity contribution < 1.29 is 18.6 Å². The van der Waals surface area contributed by atoms with Crippen LogP contribution in [0.1, 0.15) is 33.9 Å². The van der Waals surface area contributed by atoms with Crippen molar-refractivity contribution in [2.75, 3.05) is 7.11 Å². The third-order valence-electron chi connectivity index (χ3n) is 6.36.